The molecule has 21 heavy (non-hydrogen) atoms. The van der Waals surface area contributed by atoms with Crippen LogP contribution in [0.4, 0.5) is 4.39 Å². The molecule has 0 radical (unpaired) electrons. The highest BCUT2D eigenvalue weighted by molar-refractivity contribution is 7.89. The smallest absolute Gasteiger partial charge is 0.260 e. The fourth-order valence-corrected chi connectivity index (χ4v) is 3.25. The van der Waals surface area contributed by atoms with E-state index in [2.05, 4.69) is 0 Å². The van der Waals surface area contributed by atoms with Crippen LogP contribution in [0.3, 0.4) is 0 Å². The molecule has 1 saturated heterocycles. The first-order valence-corrected chi connectivity index (χ1v) is 8.21. The van der Waals surface area contributed by atoms with Crippen LogP contribution in [0.15, 0.2) is 24.3 Å². The minimum atomic E-state index is -3.53. The molecule has 1 fully saturated rings. The molecule has 116 valence electrons. The average molecular weight is 316 g/mol. The van der Waals surface area contributed by atoms with Gasteiger partial charge in [0.1, 0.15) is 11.6 Å². The van der Waals surface area contributed by atoms with Crippen LogP contribution < -0.4 is 9.88 Å². The maximum atomic E-state index is 13.0. The molecule has 8 heteroatoms. The summed E-state index contributed by atoms with van der Waals surface area (Å²) in [6.07, 6.45) is 0.599. The van der Waals surface area contributed by atoms with E-state index in [0.29, 0.717) is 19.5 Å². The lowest BCUT2D eigenvalue weighted by atomic mass is 10.2. The second-order valence-corrected chi connectivity index (χ2v) is 6.73. The van der Waals surface area contributed by atoms with Gasteiger partial charge < -0.3 is 9.64 Å². The molecule has 1 atom stereocenters. The SMILES string of the molecule is NS(=O)(=O)CC1CCN(C(=O)COc2cccc(F)c2)C1. The summed E-state index contributed by atoms with van der Waals surface area (Å²) in [5.74, 6) is -0.672. The zero-order valence-corrected chi connectivity index (χ0v) is 12.2. The van der Waals surface area contributed by atoms with Crippen molar-refractivity contribution in [2.75, 3.05) is 25.4 Å². The summed E-state index contributed by atoms with van der Waals surface area (Å²) in [6.45, 7) is 0.624. The molecule has 0 aliphatic carbocycles. The molecule has 0 aromatic heterocycles. The first kappa shape index (κ1) is 15.7. The summed E-state index contributed by atoms with van der Waals surface area (Å²) >= 11 is 0. The number of likely N-dealkylation sites (tertiary alicyclic amines) is 1. The second kappa shape index (κ2) is 6.40. The Morgan fingerprint density at radius 1 is 1.48 bits per heavy atom. The van der Waals surface area contributed by atoms with E-state index in [1.54, 1.807) is 6.07 Å². The third-order valence-electron chi connectivity index (χ3n) is 3.26. The van der Waals surface area contributed by atoms with Gasteiger partial charge >= 0.3 is 0 Å². The van der Waals surface area contributed by atoms with Gasteiger partial charge in [-0.15, -0.1) is 0 Å². The summed E-state index contributed by atoms with van der Waals surface area (Å²) in [5, 5.41) is 4.99. The van der Waals surface area contributed by atoms with Crippen molar-refractivity contribution in [3.05, 3.63) is 30.1 Å². The Balaban J connectivity index is 1.82. The van der Waals surface area contributed by atoms with E-state index in [9.17, 15) is 17.6 Å². The summed E-state index contributed by atoms with van der Waals surface area (Å²) in [6, 6.07) is 5.53. The van der Waals surface area contributed by atoms with Gasteiger partial charge in [0.2, 0.25) is 10.0 Å². The van der Waals surface area contributed by atoms with Crippen LogP contribution in [-0.4, -0.2) is 44.7 Å². The first-order valence-electron chi connectivity index (χ1n) is 6.50. The summed E-state index contributed by atoms with van der Waals surface area (Å²) < 4.78 is 40.2. The molecule has 1 unspecified atom stereocenters. The Morgan fingerprint density at radius 3 is 2.90 bits per heavy atom. The van der Waals surface area contributed by atoms with Gasteiger partial charge in [-0.2, -0.15) is 0 Å². The summed E-state index contributed by atoms with van der Waals surface area (Å²) in [4.78, 5) is 13.5. The highest BCUT2D eigenvalue weighted by atomic mass is 32.2. The zero-order chi connectivity index (χ0) is 15.5. The van der Waals surface area contributed by atoms with E-state index in [1.165, 1.54) is 23.1 Å². The van der Waals surface area contributed by atoms with Crippen LogP contribution >= 0.6 is 0 Å². The standard InChI is InChI=1S/C13H17FN2O4S/c14-11-2-1-3-12(6-11)20-8-13(17)16-5-4-10(7-16)9-21(15,18)19/h1-3,6,10H,4-5,7-9H2,(H2,15,18,19). The number of benzene rings is 1. The Labute approximate surface area is 122 Å². The van der Waals surface area contributed by atoms with Gasteiger partial charge in [-0.25, -0.2) is 17.9 Å². The Morgan fingerprint density at radius 2 is 2.24 bits per heavy atom. The van der Waals surface area contributed by atoms with Gasteiger partial charge in [0.25, 0.3) is 5.91 Å². The van der Waals surface area contributed by atoms with Crippen LogP contribution in [0, 0.1) is 11.7 Å². The molecule has 1 aliphatic rings. The van der Waals surface area contributed by atoms with Crippen molar-refractivity contribution in [1.29, 1.82) is 0 Å². The van der Waals surface area contributed by atoms with Gasteiger partial charge in [0, 0.05) is 19.2 Å². The van der Waals surface area contributed by atoms with Crippen LogP contribution in [0.25, 0.3) is 0 Å². The van der Waals surface area contributed by atoms with Crippen molar-refractivity contribution in [2.24, 2.45) is 11.1 Å². The molecule has 1 aromatic rings. The molecule has 6 nitrogen and oxygen atoms in total. The molecule has 0 saturated carbocycles. The fourth-order valence-electron chi connectivity index (χ4n) is 2.32. The molecule has 1 heterocycles. The number of hydrogen-bond donors (Lipinski definition) is 1. The third kappa shape index (κ3) is 4.98. The zero-order valence-electron chi connectivity index (χ0n) is 11.4. The Bertz CT molecular complexity index is 620. The lowest BCUT2D eigenvalue weighted by molar-refractivity contribution is -0.132. The molecule has 1 aromatic carbocycles. The van der Waals surface area contributed by atoms with Gasteiger partial charge in [-0.05, 0) is 24.5 Å². The van der Waals surface area contributed by atoms with Crippen LogP contribution in [0.1, 0.15) is 6.42 Å². The number of sulfonamides is 1. The van der Waals surface area contributed by atoms with Gasteiger partial charge in [0.15, 0.2) is 6.61 Å². The Kier molecular flexibility index (Phi) is 4.79. The monoisotopic (exact) mass is 316 g/mol. The fraction of sp³-hybridized carbons (Fsp3) is 0.462. The van der Waals surface area contributed by atoms with Crippen LogP contribution in [0.5, 0.6) is 5.75 Å². The predicted octanol–water partition coefficient (Wildman–Crippen LogP) is 0.342. The molecule has 0 spiro atoms. The first-order chi connectivity index (χ1) is 9.83. The number of rotatable bonds is 5. The molecule has 0 bridgehead atoms. The van der Waals surface area contributed by atoms with E-state index in [-0.39, 0.29) is 29.9 Å². The normalized spacial score (nSPS) is 18.8. The predicted molar refractivity (Wildman–Crippen MR) is 74.6 cm³/mol. The molecule has 2 N–H and O–H groups in total. The van der Waals surface area contributed by atoms with Crippen molar-refractivity contribution in [3.63, 3.8) is 0 Å². The van der Waals surface area contributed by atoms with Crippen LogP contribution in [0.2, 0.25) is 0 Å². The van der Waals surface area contributed by atoms with E-state index >= 15 is 0 Å². The number of nitrogens with two attached hydrogens (primary N) is 1. The van der Waals surface area contributed by atoms with Crippen molar-refractivity contribution >= 4 is 15.9 Å². The maximum absolute atomic E-state index is 13.0. The van der Waals surface area contributed by atoms with E-state index in [1.807, 2.05) is 0 Å². The number of halogens is 1. The van der Waals surface area contributed by atoms with Gasteiger partial charge in [0.05, 0.1) is 5.75 Å². The number of carbonyl (C=O) groups is 1. The second-order valence-electron chi connectivity index (χ2n) is 5.07. The van der Waals surface area contributed by atoms with Gasteiger partial charge in [-0.1, -0.05) is 6.07 Å². The minimum Gasteiger partial charge on any atom is -0.484 e. The lowest BCUT2D eigenvalue weighted by Crippen LogP contribution is -2.34. The van der Waals surface area contributed by atoms with Crippen molar-refractivity contribution in [1.82, 2.24) is 4.90 Å². The largest absolute Gasteiger partial charge is 0.484 e. The minimum absolute atomic E-state index is 0.123. The number of carbonyl (C=O) groups excluding carboxylic acids is 1. The third-order valence-corrected chi connectivity index (χ3v) is 4.20. The molecule has 2 rings (SSSR count). The molecular formula is C13H17FN2O4S. The number of amides is 1. The lowest BCUT2D eigenvalue weighted by Gasteiger charge is -2.16. The number of ether oxygens (including phenoxy) is 1. The van der Waals surface area contributed by atoms with E-state index in [4.69, 9.17) is 9.88 Å². The number of nitrogens with zero attached hydrogens (tertiary/aromatic N) is 1. The number of hydrogen-bond acceptors (Lipinski definition) is 4. The van der Waals surface area contributed by atoms with Crippen molar-refractivity contribution < 1.29 is 22.3 Å². The highest BCUT2D eigenvalue weighted by Gasteiger charge is 2.28. The van der Waals surface area contributed by atoms with Crippen molar-refractivity contribution in [2.45, 2.75) is 6.42 Å². The highest BCUT2D eigenvalue weighted by Crippen LogP contribution is 2.18. The van der Waals surface area contributed by atoms with Gasteiger partial charge in [-0.3, -0.25) is 4.79 Å². The van der Waals surface area contributed by atoms with E-state index < -0.39 is 15.8 Å². The topological polar surface area (TPSA) is 89.7 Å². The quantitative estimate of drug-likeness (QED) is 0.848. The summed E-state index contributed by atoms with van der Waals surface area (Å²) in [7, 11) is -3.53. The van der Waals surface area contributed by atoms with E-state index in [0.717, 1.165) is 0 Å². The maximum Gasteiger partial charge on any atom is 0.260 e. The average Bonchev–Trinajstić information content (AvgIpc) is 2.82. The molecule has 1 aliphatic heterocycles. The van der Waals surface area contributed by atoms with Crippen LogP contribution in [-0.2, 0) is 14.8 Å². The molecular weight excluding hydrogens is 299 g/mol. The van der Waals surface area contributed by atoms with Crippen molar-refractivity contribution in [3.8, 4) is 5.75 Å². The number of primary sulfonamides is 1. The summed E-state index contributed by atoms with van der Waals surface area (Å²) in [5.41, 5.74) is 0. The Hall–Kier alpha value is -1.67. The molecule has 1 amide bonds.